The van der Waals surface area contributed by atoms with Crippen LogP contribution in [0.15, 0.2) is 0 Å². The molecule has 2 heterocycles. The molecule has 114 valence electrons. The van der Waals surface area contributed by atoms with Crippen LogP contribution in [0.3, 0.4) is 0 Å². The monoisotopic (exact) mass is 286 g/mol. The molecule has 1 unspecified atom stereocenters. The number of likely N-dealkylation sites (tertiary alicyclic amines) is 1. The molecule has 0 radical (unpaired) electrons. The van der Waals surface area contributed by atoms with E-state index in [9.17, 15) is 14.7 Å². The maximum Gasteiger partial charge on any atom is 0.326 e. The lowest BCUT2D eigenvalue weighted by Gasteiger charge is -2.31. The van der Waals surface area contributed by atoms with Crippen molar-refractivity contribution in [3.05, 3.63) is 0 Å². The van der Waals surface area contributed by atoms with Crippen LogP contribution in [0, 0.1) is 0 Å². The molecule has 2 aliphatic rings. The van der Waals surface area contributed by atoms with Crippen LogP contribution in [0.4, 0.5) is 4.79 Å². The van der Waals surface area contributed by atoms with Gasteiger partial charge in [-0.05, 0) is 19.3 Å². The van der Waals surface area contributed by atoms with Crippen LogP contribution in [-0.2, 0) is 9.53 Å². The number of carboxylic acid groups (broad SMARTS) is 1. The van der Waals surface area contributed by atoms with Crippen molar-refractivity contribution >= 4 is 12.0 Å². The number of nitrogens with zero attached hydrogens (tertiary/aromatic N) is 2. The molecule has 0 aromatic heterocycles. The fourth-order valence-corrected chi connectivity index (χ4v) is 2.81. The Kier molecular flexibility index (Phi) is 4.82. The highest BCUT2D eigenvalue weighted by Gasteiger charge is 2.40. The highest BCUT2D eigenvalue weighted by molar-refractivity contribution is 5.83. The van der Waals surface area contributed by atoms with Gasteiger partial charge in [0.25, 0.3) is 0 Å². The van der Waals surface area contributed by atoms with Gasteiger partial charge in [0, 0.05) is 33.2 Å². The van der Waals surface area contributed by atoms with Crippen molar-refractivity contribution in [3.8, 4) is 0 Å². The zero-order chi connectivity index (χ0) is 14.7. The van der Waals surface area contributed by atoms with E-state index in [1.54, 1.807) is 7.05 Å². The molecule has 0 saturated carbocycles. The molecular weight excluding hydrogens is 264 g/mol. The highest BCUT2D eigenvalue weighted by atomic mass is 16.5. The second-order valence-electron chi connectivity index (χ2n) is 5.55. The Morgan fingerprint density at radius 3 is 2.75 bits per heavy atom. The average molecular weight is 286 g/mol. The number of aliphatic hydroxyl groups is 1. The normalized spacial score (nSPS) is 30.3. The number of carbonyl (C=O) groups excluding carboxylic acids is 1. The van der Waals surface area contributed by atoms with E-state index in [4.69, 9.17) is 9.84 Å². The first-order chi connectivity index (χ1) is 9.49. The number of rotatable bonds is 3. The Balaban J connectivity index is 1.93. The van der Waals surface area contributed by atoms with Crippen LogP contribution in [0.5, 0.6) is 0 Å². The summed E-state index contributed by atoms with van der Waals surface area (Å²) in [7, 11) is 1.64. The number of aliphatic carboxylic acids is 1. The first-order valence-corrected chi connectivity index (χ1v) is 7.03. The smallest absolute Gasteiger partial charge is 0.326 e. The standard InChI is InChI=1S/C13H22N2O5/c1-14(8-10-4-2-3-5-20-10)13(19)15-7-9(16)6-11(15)12(17)18/h9-11,16H,2-8H2,1H3,(H,17,18)/t9-,10?,11-/m1/s1. The maximum absolute atomic E-state index is 12.3. The molecule has 0 spiro atoms. The number of amides is 2. The van der Waals surface area contributed by atoms with Crippen molar-refractivity contribution < 1.29 is 24.5 Å². The van der Waals surface area contributed by atoms with Gasteiger partial charge in [-0.3, -0.25) is 0 Å². The Labute approximate surface area is 118 Å². The van der Waals surface area contributed by atoms with Crippen LogP contribution < -0.4 is 0 Å². The van der Waals surface area contributed by atoms with Gasteiger partial charge in [0.1, 0.15) is 6.04 Å². The molecule has 2 aliphatic heterocycles. The van der Waals surface area contributed by atoms with Crippen LogP contribution in [0.25, 0.3) is 0 Å². The third kappa shape index (κ3) is 3.40. The zero-order valence-electron chi connectivity index (χ0n) is 11.7. The van der Waals surface area contributed by atoms with Gasteiger partial charge in [-0.25, -0.2) is 9.59 Å². The van der Waals surface area contributed by atoms with E-state index < -0.39 is 18.1 Å². The number of ether oxygens (including phenoxy) is 1. The van der Waals surface area contributed by atoms with E-state index >= 15 is 0 Å². The quantitative estimate of drug-likeness (QED) is 0.769. The molecule has 3 atom stereocenters. The fraction of sp³-hybridized carbons (Fsp3) is 0.846. The number of carbonyl (C=O) groups is 2. The lowest BCUT2D eigenvalue weighted by atomic mass is 10.1. The maximum atomic E-state index is 12.3. The van der Waals surface area contributed by atoms with Crippen molar-refractivity contribution in [1.29, 1.82) is 0 Å². The SMILES string of the molecule is CN(CC1CCCCO1)C(=O)N1C[C@H](O)C[C@@H]1C(=O)O. The lowest BCUT2D eigenvalue weighted by molar-refractivity contribution is -0.141. The Morgan fingerprint density at radius 1 is 1.40 bits per heavy atom. The number of hydrogen-bond acceptors (Lipinski definition) is 4. The van der Waals surface area contributed by atoms with Gasteiger partial charge in [-0.1, -0.05) is 0 Å². The first kappa shape index (κ1) is 15.1. The van der Waals surface area contributed by atoms with Crippen molar-refractivity contribution in [2.24, 2.45) is 0 Å². The van der Waals surface area contributed by atoms with E-state index in [0.29, 0.717) is 13.2 Å². The Hall–Kier alpha value is -1.34. The molecule has 7 heteroatoms. The van der Waals surface area contributed by atoms with Gasteiger partial charge in [0.05, 0.1) is 12.2 Å². The van der Waals surface area contributed by atoms with Gasteiger partial charge in [0.2, 0.25) is 0 Å². The summed E-state index contributed by atoms with van der Waals surface area (Å²) in [6, 6.07) is -1.30. The number of β-amino-alcohol motifs (C(OH)–C–C–N with tert-alkyl or cyclic N) is 1. The Morgan fingerprint density at radius 2 is 2.15 bits per heavy atom. The largest absolute Gasteiger partial charge is 0.480 e. The molecule has 0 aromatic carbocycles. The van der Waals surface area contributed by atoms with E-state index in [-0.39, 0.29) is 25.1 Å². The molecule has 20 heavy (non-hydrogen) atoms. The third-order valence-corrected chi connectivity index (χ3v) is 3.89. The van der Waals surface area contributed by atoms with Crippen LogP contribution in [0.1, 0.15) is 25.7 Å². The summed E-state index contributed by atoms with van der Waals surface area (Å²) in [5.74, 6) is -1.07. The number of likely N-dealkylation sites (N-methyl/N-ethyl adjacent to an activating group) is 1. The topological polar surface area (TPSA) is 90.3 Å². The fourth-order valence-electron chi connectivity index (χ4n) is 2.81. The molecule has 0 aromatic rings. The Bertz CT molecular complexity index is 370. The summed E-state index contributed by atoms with van der Waals surface area (Å²) in [6.45, 7) is 1.25. The molecule has 0 aliphatic carbocycles. The van der Waals surface area contributed by atoms with E-state index in [0.717, 1.165) is 19.3 Å². The molecule has 2 fully saturated rings. The summed E-state index contributed by atoms with van der Waals surface area (Å²) in [5, 5.41) is 18.7. The summed E-state index contributed by atoms with van der Waals surface area (Å²) >= 11 is 0. The zero-order valence-corrected chi connectivity index (χ0v) is 11.7. The summed E-state index contributed by atoms with van der Waals surface area (Å²) in [6.07, 6.45) is 2.41. The predicted molar refractivity (Wildman–Crippen MR) is 70.4 cm³/mol. The number of aliphatic hydroxyl groups excluding tert-OH is 1. The summed E-state index contributed by atoms with van der Waals surface area (Å²) in [5.41, 5.74) is 0. The average Bonchev–Trinajstić information content (AvgIpc) is 2.81. The molecule has 0 bridgehead atoms. The number of urea groups is 1. The van der Waals surface area contributed by atoms with Crippen molar-refractivity contribution in [2.75, 3.05) is 26.7 Å². The minimum Gasteiger partial charge on any atom is -0.480 e. The molecular formula is C13H22N2O5. The van der Waals surface area contributed by atoms with Gasteiger partial charge in [0.15, 0.2) is 0 Å². The van der Waals surface area contributed by atoms with Crippen molar-refractivity contribution in [2.45, 2.75) is 43.9 Å². The van der Waals surface area contributed by atoms with Crippen LogP contribution in [0.2, 0.25) is 0 Å². The number of hydrogen-bond donors (Lipinski definition) is 2. The van der Waals surface area contributed by atoms with Crippen molar-refractivity contribution in [3.63, 3.8) is 0 Å². The molecule has 2 rings (SSSR count). The summed E-state index contributed by atoms with van der Waals surface area (Å²) in [4.78, 5) is 26.1. The second-order valence-corrected chi connectivity index (χ2v) is 5.55. The van der Waals surface area contributed by atoms with Gasteiger partial charge >= 0.3 is 12.0 Å². The van der Waals surface area contributed by atoms with Gasteiger partial charge in [-0.15, -0.1) is 0 Å². The van der Waals surface area contributed by atoms with E-state index in [1.807, 2.05) is 0 Å². The van der Waals surface area contributed by atoms with Gasteiger partial charge in [-0.2, -0.15) is 0 Å². The summed E-state index contributed by atoms with van der Waals surface area (Å²) < 4.78 is 5.58. The lowest BCUT2D eigenvalue weighted by Crippen LogP contribution is -2.49. The van der Waals surface area contributed by atoms with Crippen LogP contribution in [-0.4, -0.2) is 77.0 Å². The molecule has 2 N–H and O–H groups in total. The van der Waals surface area contributed by atoms with Crippen LogP contribution >= 0.6 is 0 Å². The van der Waals surface area contributed by atoms with E-state index in [1.165, 1.54) is 9.80 Å². The van der Waals surface area contributed by atoms with Crippen molar-refractivity contribution in [1.82, 2.24) is 9.80 Å². The number of carboxylic acids is 1. The third-order valence-electron chi connectivity index (χ3n) is 3.89. The predicted octanol–water partition coefficient (Wildman–Crippen LogP) is 0.127. The molecule has 2 saturated heterocycles. The molecule has 7 nitrogen and oxygen atoms in total. The first-order valence-electron chi connectivity index (χ1n) is 7.03. The van der Waals surface area contributed by atoms with Gasteiger partial charge < -0.3 is 24.7 Å². The highest BCUT2D eigenvalue weighted by Crippen LogP contribution is 2.20. The van der Waals surface area contributed by atoms with E-state index in [2.05, 4.69) is 0 Å². The minimum absolute atomic E-state index is 0.0218. The second kappa shape index (κ2) is 6.41. The minimum atomic E-state index is -1.07. The molecule has 2 amide bonds.